The number of hydrogen-bond acceptors (Lipinski definition) is 4. The minimum absolute atomic E-state index is 0.0223. The highest BCUT2D eigenvalue weighted by atomic mass is 32.2. The monoisotopic (exact) mass is 248 g/mol. The van der Waals surface area contributed by atoms with Gasteiger partial charge < -0.3 is 11.1 Å². The molecule has 0 saturated carbocycles. The summed E-state index contributed by atoms with van der Waals surface area (Å²) in [6, 6.07) is 0. The summed E-state index contributed by atoms with van der Waals surface area (Å²) >= 11 is 0. The van der Waals surface area contributed by atoms with Gasteiger partial charge in [0, 0.05) is 18.5 Å². The van der Waals surface area contributed by atoms with E-state index >= 15 is 0 Å². The van der Waals surface area contributed by atoms with Gasteiger partial charge in [-0.15, -0.1) is 0 Å². The summed E-state index contributed by atoms with van der Waals surface area (Å²) in [5.74, 6) is 0.228. The Morgan fingerprint density at radius 3 is 2.56 bits per heavy atom. The van der Waals surface area contributed by atoms with Crippen LogP contribution in [0.3, 0.4) is 0 Å². The number of carbonyl (C=O) groups excluding carboxylic acids is 1. The smallest absolute Gasteiger partial charge is 0.220 e. The third-order valence-corrected chi connectivity index (χ3v) is 4.38. The van der Waals surface area contributed by atoms with E-state index in [1.54, 1.807) is 0 Å². The first-order valence-corrected chi connectivity index (χ1v) is 7.26. The van der Waals surface area contributed by atoms with Crippen molar-refractivity contribution in [2.45, 2.75) is 32.2 Å². The molecule has 94 valence electrons. The summed E-state index contributed by atoms with van der Waals surface area (Å²) in [4.78, 5) is 11.5. The molecule has 1 aliphatic rings. The molecule has 0 aliphatic carbocycles. The molecule has 16 heavy (non-hydrogen) atoms. The van der Waals surface area contributed by atoms with E-state index < -0.39 is 15.4 Å². The number of nitrogens with one attached hydrogen (secondary N) is 1. The Labute approximate surface area is 96.7 Å². The molecule has 1 heterocycles. The number of hydrogen-bond donors (Lipinski definition) is 2. The Hall–Kier alpha value is -0.620. The van der Waals surface area contributed by atoms with Crippen LogP contribution in [0.5, 0.6) is 0 Å². The highest BCUT2D eigenvalue weighted by Crippen LogP contribution is 2.21. The van der Waals surface area contributed by atoms with Crippen molar-refractivity contribution >= 4 is 15.7 Å². The molecular formula is C10H20N2O3S. The standard InChI is InChI=1S/C10H20N2O3S/c1-10(2,11)7-12-9(13)5-8-3-4-16(14,15)6-8/h8H,3-7,11H2,1-2H3,(H,12,13). The van der Waals surface area contributed by atoms with Gasteiger partial charge in [-0.1, -0.05) is 0 Å². The van der Waals surface area contributed by atoms with Gasteiger partial charge in [0.25, 0.3) is 0 Å². The average Bonchev–Trinajstić information content (AvgIpc) is 2.41. The van der Waals surface area contributed by atoms with Crippen LogP contribution in [0.1, 0.15) is 26.7 Å². The second-order valence-corrected chi connectivity index (χ2v) is 7.47. The molecule has 1 aliphatic heterocycles. The van der Waals surface area contributed by atoms with Crippen molar-refractivity contribution in [2.75, 3.05) is 18.1 Å². The van der Waals surface area contributed by atoms with Crippen LogP contribution in [0.25, 0.3) is 0 Å². The normalized spacial score (nSPS) is 24.3. The molecule has 0 bridgehead atoms. The Balaban J connectivity index is 2.31. The Kier molecular flexibility index (Phi) is 3.96. The minimum atomic E-state index is -2.89. The average molecular weight is 248 g/mol. The zero-order valence-electron chi connectivity index (χ0n) is 9.82. The highest BCUT2D eigenvalue weighted by molar-refractivity contribution is 7.91. The summed E-state index contributed by atoms with van der Waals surface area (Å²) in [5.41, 5.74) is 5.29. The first kappa shape index (κ1) is 13.4. The van der Waals surface area contributed by atoms with Crippen molar-refractivity contribution in [3.8, 4) is 0 Å². The third kappa shape index (κ3) is 4.94. The molecule has 0 aromatic carbocycles. The molecule has 3 N–H and O–H groups in total. The molecule has 6 heteroatoms. The minimum Gasteiger partial charge on any atom is -0.354 e. The van der Waals surface area contributed by atoms with Crippen LogP contribution in [0.2, 0.25) is 0 Å². The lowest BCUT2D eigenvalue weighted by Gasteiger charge is -2.19. The quantitative estimate of drug-likeness (QED) is 0.712. The van der Waals surface area contributed by atoms with Crippen LogP contribution >= 0.6 is 0 Å². The molecule has 5 nitrogen and oxygen atoms in total. The Bertz CT molecular complexity index is 357. The number of nitrogens with two attached hydrogens (primary N) is 1. The molecule has 1 atom stereocenters. The fourth-order valence-electron chi connectivity index (χ4n) is 1.69. The van der Waals surface area contributed by atoms with E-state index in [9.17, 15) is 13.2 Å². The van der Waals surface area contributed by atoms with Gasteiger partial charge in [0.05, 0.1) is 11.5 Å². The van der Waals surface area contributed by atoms with E-state index in [1.807, 2.05) is 13.8 Å². The second kappa shape index (κ2) is 4.71. The Morgan fingerprint density at radius 2 is 2.12 bits per heavy atom. The number of carbonyl (C=O) groups is 1. The maximum absolute atomic E-state index is 11.5. The molecule has 1 saturated heterocycles. The molecule has 0 aromatic heterocycles. The zero-order chi connectivity index (χ0) is 12.4. The zero-order valence-corrected chi connectivity index (χ0v) is 10.6. The first-order chi connectivity index (χ1) is 7.18. The molecule has 0 spiro atoms. The summed E-state index contributed by atoms with van der Waals surface area (Å²) in [7, 11) is -2.89. The van der Waals surface area contributed by atoms with Crippen LogP contribution in [0, 0.1) is 5.92 Å². The van der Waals surface area contributed by atoms with E-state index in [0.29, 0.717) is 13.0 Å². The Morgan fingerprint density at radius 1 is 1.50 bits per heavy atom. The van der Waals surface area contributed by atoms with Gasteiger partial charge in [-0.3, -0.25) is 4.79 Å². The van der Waals surface area contributed by atoms with Crippen LogP contribution in [-0.4, -0.2) is 37.9 Å². The fourth-order valence-corrected chi connectivity index (χ4v) is 3.56. The van der Waals surface area contributed by atoms with E-state index in [0.717, 1.165) is 0 Å². The largest absolute Gasteiger partial charge is 0.354 e. The fraction of sp³-hybridized carbons (Fsp3) is 0.900. The van der Waals surface area contributed by atoms with Crippen LogP contribution in [0.15, 0.2) is 0 Å². The van der Waals surface area contributed by atoms with Gasteiger partial charge in [-0.2, -0.15) is 0 Å². The van der Waals surface area contributed by atoms with E-state index in [1.165, 1.54) is 0 Å². The van der Waals surface area contributed by atoms with E-state index in [2.05, 4.69) is 5.32 Å². The summed E-state index contributed by atoms with van der Waals surface area (Å²) in [6.45, 7) is 4.06. The molecular weight excluding hydrogens is 228 g/mol. The maximum atomic E-state index is 11.5. The molecule has 1 amide bonds. The molecule has 1 rings (SSSR count). The van der Waals surface area contributed by atoms with Gasteiger partial charge in [0.2, 0.25) is 5.91 Å². The molecule has 0 aromatic rings. The number of rotatable bonds is 4. The van der Waals surface area contributed by atoms with Crippen molar-refractivity contribution in [2.24, 2.45) is 11.7 Å². The lowest BCUT2D eigenvalue weighted by molar-refractivity contribution is -0.122. The van der Waals surface area contributed by atoms with E-state index in [4.69, 9.17) is 5.73 Å². The van der Waals surface area contributed by atoms with Crippen LogP contribution in [0.4, 0.5) is 0 Å². The maximum Gasteiger partial charge on any atom is 0.220 e. The van der Waals surface area contributed by atoms with E-state index in [-0.39, 0.29) is 29.8 Å². The van der Waals surface area contributed by atoms with Crippen molar-refractivity contribution in [1.29, 1.82) is 0 Å². The first-order valence-electron chi connectivity index (χ1n) is 5.44. The van der Waals surface area contributed by atoms with Crippen molar-refractivity contribution in [1.82, 2.24) is 5.32 Å². The number of sulfone groups is 1. The van der Waals surface area contributed by atoms with Gasteiger partial charge in [0.15, 0.2) is 9.84 Å². The lowest BCUT2D eigenvalue weighted by atomic mass is 10.0. The molecule has 0 radical (unpaired) electrons. The van der Waals surface area contributed by atoms with Gasteiger partial charge in [-0.25, -0.2) is 8.42 Å². The topological polar surface area (TPSA) is 89.3 Å². The molecule has 1 unspecified atom stereocenters. The summed E-state index contributed by atoms with van der Waals surface area (Å²) in [5, 5.41) is 2.72. The highest BCUT2D eigenvalue weighted by Gasteiger charge is 2.29. The van der Waals surface area contributed by atoms with Crippen molar-refractivity contribution in [3.63, 3.8) is 0 Å². The van der Waals surface area contributed by atoms with Gasteiger partial charge >= 0.3 is 0 Å². The lowest BCUT2D eigenvalue weighted by Crippen LogP contribution is -2.45. The van der Waals surface area contributed by atoms with Crippen LogP contribution in [-0.2, 0) is 14.6 Å². The third-order valence-electron chi connectivity index (χ3n) is 2.54. The number of amides is 1. The molecule has 1 fully saturated rings. The van der Waals surface area contributed by atoms with Gasteiger partial charge in [0.1, 0.15) is 0 Å². The van der Waals surface area contributed by atoms with Gasteiger partial charge in [-0.05, 0) is 26.2 Å². The second-order valence-electron chi connectivity index (χ2n) is 5.24. The van der Waals surface area contributed by atoms with Crippen LogP contribution < -0.4 is 11.1 Å². The van der Waals surface area contributed by atoms with Crippen molar-refractivity contribution < 1.29 is 13.2 Å². The predicted molar refractivity (Wildman–Crippen MR) is 62.7 cm³/mol. The summed E-state index contributed by atoms with van der Waals surface area (Å²) in [6.07, 6.45) is 0.886. The predicted octanol–water partition coefficient (Wildman–Crippen LogP) is -0.335. The SMILES string of the molecule is CC(C)(N)CNC(=O)CC1CCS(=O)(=O)C1. The van der Waals surface area contributed by atoms with Crippen molar-refractivity contribution in [3.05, 3.63) is 0 Å². The summed E-state index contributed by atoms with van der Waals surface area (Å²) < 4.78 is 22.4.